The molecule has 0 aliphatic rings. The zero-order chi connectivity index (χ0) is 18.5. The molecule has 3 aromatic rings. The zero-order valence-electron chi connectivity index (χ0n) is 15.3. The van der Waals surface area contributed by atoms with E-state index >= 15 is 0 Å². The normalized spacial score (nSPS) is 11.2. The number of hydrogen-bond donors (Lipinski definition) is 0. The molecular formula is C20H23N3O3. The molecule has 0 unspecified atom stereocenters. The van der Waals surface area contributed by atoms with E-state index in [0.29, 0.717) is 29.7 Å². The van der Waals surface area contributed by atoms with E-state index in [2.05, 4.69) is 5.10 Å². The number of esters is 1. The average Bonchev–Trinajstić information content (AvgIpc) is 3.08. The van der Waals surface area contributed by atoms with Crippen molar-refractivity contribution in [2.24, 2.45) is 0 Å². The lowest BCUT2D eigenvalue weighted by Crippen LogP contribution is -2.14. The number of benzene rings is 1. The molecule has 6 heteroatoms. The van der Waals surface area contributed by atoms with E-state index in [1.54, 1.807) is 16.9 Å². The third kappa shape index (κ3) is 3.91. The zero-order valence-corrected chi connectivity index (χ0v) is 15.3. The van der Waals surface area contributed by atoms with Gasteiger partial charge < -0.3 is 9.47 Å². The van der Waals surface area contributed by atoms with E-state index in [-0.39, 0.29) is 12.7 Å². The van der Waals surface area contributed by atoms with Gasteiger partial charge in [0.2, 0.25) is 0 Å². The van der Waals surface area contributed by atoms with Gasteiger partial charge in [-0.3, -0.25) is 0 Å². The quantitative estimate of drug-likeness (QED) is 0.479. The highest BCUT2D eigenvalue weighted by atomic mass is 16.6. The van der Waals surface area contributed by atoms with Gasteiger partial charge >= 0.3 is 5.97 Å². The second kappa shape index (κ2) is 8.10. The molecule has 0 spiro atoms. The van der Waals surface area contributed by atoms with Crippen LogP contribution < -0.4 is 0 Å². The molecule has 2 heterocycles. The molecule has 0 N–H and O–H groups in total. The average molecular weight is 353 g/mol. The Kier molecular flexibility index (Phi) is 5.63. The van der Waals surface area contributed by atoms with Crippen molar-refractivity contribution in [1.29, 1.82) is 0 Å². The molecular weight excluding hydrogens is 330 g/mol. The van der Waals surface area contributed by atoms with Gasteiger partial charge in [0.1, 0.15) is 6.61 Å². The predicted molar refractivity (Wildman–Crippen MR) is 100 cm³/mol. The molecule has 0 bridgehead atoms. The van der Waals surface area contributed by atoms with Crippen molar-refractivity contribution in [2.75, 3.05) is 13.2 Å². The first-order valence-electron chi connectivity index (χ1n) is 8.81. The molecule has 0 fully saturated rings. The first-order valence-corrected chi connectivity index (χ1v) is 8.81. The Bertz CT molecular complexity index is 888. The van der Waals surface area contributed by atoms with Crippen molar-refractivity contribution in [3.8, 4) is 11.3 Å². The van der Waals surface area contributed by atoms with Crippen LogP contribution in [-0.2, 0) is 16.0 Å². The van der Waals surface area contributed by atoms with E-state index in [9.17, 15) is 4.79 Å². The molecule has 0 aliphatic heterocycles. The molecule has 136 valence electrons. The van der Waals surface area contributed by atoms with Gasteiger partial charge in [0.05, 0.1) is 35.6 Å². The van der Waals surface area contributed by atoms with E-state index in [1.165, 1.54) is 0 Å². The third-order valence-corrected chi connectivity index (χ3v) is 3.97. The Morgan fingerprint density at radius 3 is 2.65 bits per heavy atom. The smallest absolute Gasteiger partial charge is 0.339 e. The fraction of sp³-hybridized carbons (Fsp3) is 0.350. The monoisotopic (exact) mass is 353 g/mol. The lowest BCUT2D eigenvalue weighted by Gasteiger charge is -2.10. The molecule has 3 rings (SSSR count). The van der Waals surface area contributed by atoms with E-state index < -0.39 is 5.97 Å². The second-order valence-corrected chi connectivity index (χ2v) is 6.17. The minimum Gasteiger partial charge on any atom is -0.460 e. The standard InChI is InChI=1S/C20H23N3O3/c1-4-23-19-17(13-21-23)16(20(24)26-11-10-25-14(2)3)12-18(22-19)15-8-6-5-7-9-15/h5-9,12-14H,4,10-11H2,1-3H3. The van der Waals surface area contributed by atoms with Gasteiger partial charge in [0, 0.05) is 12.1 Å². The van der Waals surface area contributed by atoms with Gasteiger partial charge in [-0.15, -0.1) is 0 Å². The Balaban J connectivity index is 1.95. The van der Waals surface area contributed by atoms with Crippen molar-refractivity contribution in [3.05, 3.63) is 48.2 Å². The Hall–Kier alpha value is -2.73. The van der Waals surface area contributed by atoms with Crippen LogP contribution >= 0.6 is 0 Å². The van der Waals surface area contributed by atoms with Gasteiger partial charge in [-0.25, -0.2) is 14.5 Å². The highest BCUT2D eigenvalue weighted by Gasteiger charge is 2.18. The van der Waals surface area contributed by atoms with Crippen LogP contribution in [0, 0.1) is 0 Å². The van der Waals surface area contributed by atoms with Crippen LogP contribution in [-0.4, -0.2) is 40.1 Å². The SMILES string of the molecule is CCn1ncc2c(C(=O)OCCOC(C)C)cc(-c3ccccc3)nc21. The minimum absolute atomic E-state index is 0.105. The van der Waals surface area contributed by atoms with Crippen molar-refractivity contribution in [2.45, 2.75) is 33.4 Å². The topological polar surface area (TPSA) is 66.2 Å². The van der Waals surface area contributed by atoms with Gasteiger partial charge in [0.25, 0.3) is 0 Å². The second-order valence-electron chi connectivity index (χ2n) is 6.17. The molecule has 26 heavy (non-hydrogen) atoms. The molecule has 1 aromatic carbocycles. The third-order valence-electron chi connectivity index (χ3n) is 3.97. The van der Waals surface area contributed by atoms with Crippen LogP contribution in [0.2, 0.25) is 0 Å². The fourth-order valence-corrected chi connectivity index (χ4v) is 2.70. The number of carbonyl (C=O) groups excluding carboxylic acids is 1. The summed E-state index contributed by atoms with van der Waals surface area (Å²) in [4.78, 5) is 17.3. The molecule has 2 aromatic heterocycles. The molecule has 0 aliphatic carbocycles. The lowest BCUT2D eigenvalue weighted by molar-refractivity contribution is 0.0178. The summed E-state index contributed by atoms with van der Waals surface area (Å²) in [6, 6.07) is 11.5. The molecule has 0 amide bonds. The first kappa shape index (κ1) is 18.1. The highest BCUT2D eigenvalue weighted by molar-refractivity contribution is 6.03. The van der Waals surface area contributed by atoms with Crippen LogP contribution in [0.1, 0.15) is 31.1 Å². The summed E-state index contributed by atoms with van der Waals surface area (Å²) >= 11 is 0. The van der Waals surface area contributed by atoms with E-state index in [0.717, 1.165) is 11.3 Å². The number of ether oxygens (including phenoxy) is 2. The molecule has 0 radical (unpaired) electrons. The highest BCUT2D eigenvalue weighted by Crippen LogP contribution is 2.25. The maximum Gasteiger partial charge on any atom is 0.339 e. The van der Waals surface area contributed by atoms with Gasteiger partial charge in [-0.1, -0.05) is 30.3 Å². The summed E-state index contributed by atoms with van der Waals surface area (Å²) in [5.74, 6) is -0.391. The summed E-state index contributed by atoms with van der Waals surface area (Å²) in [6.07, 6.45) is 1.77. The van der Waals surface area contributed by atoms with Gasteiger partial charge in [0.15, 0.2) is 5.65 Å². The fourth-order valence-electron chi connectivity index (χ4n) is 2.70. The number of hydrogen-bond acceptors (Lipinski definition) is 5. The number of pyridine rings is 1. The lowest BCUT2D eigenvalue weighted by atomic mass is 10.1. The number of nitrogens with zero attached hydrogens (tertiary/aromatic N) is 3. The molecule has 0 saturated heterocycles. The molecule has 6 nitrogen and oxygen atoms in total. The summed E-state index contributed by atoms with van der Waals surface area (Å²) < 4.78 is 12.6. The van der Waals surface area contributed by atoms with Crippen LogP contribution in [0.4, 0.5) is 0 Å². The number of aryl methyl sites for hydroxylation is 1. The van der Waals surface area contributed by atoms with Crippen LogP contribution in [0.15, 0.2) is 42.6 Å². The van der Waals surface area contributed by atoms with Crippen molar-refractivity contribution < 1.29 is 14.3 Å². The Labute approximate surface area is 152 Å². The van der Waals surface area contributed by atoms with Crippen molar-refractivity contribution in [1.82, 2.24) is 14.8 Å². The maximum atomic E-state index is 12.6. The molecule has 0 saturated carbocycles. The number of fused-ring (bicyclic) bond motifs is 1. The predicted octanol–water partition coefficient (Wildman–Crippen LogP) is 3.70. The van der Waals surface area contributed by atoms with Crippen LogP contribution in [0.5, 0.6) is 0 Å². The maximum absolute atomic E-state index is 12.6. The number of carbonyl (C=O) groups is 1. The minimum atomic E-state index is -0.391. The van der Waals surface area contributed by atoms with Gasteiger partial charge in [-0.05, 0) is 26.8 Å². The summed E-state index contributed by atoms with van der Waals surface area (Å²) in [5.41, 5.74) is 2.81. The molecule has 0 atom stereocenters. The summed E-state index contributed by atoms with van der Waals surface area (Å²) in [5, 5.41) is 5.03. The Morgan fingerprint density at radius 2 is 1.96 bits per heavy atom. The van der Waals surface area contributed by atoms with Crippen LogP contribution in [0.25, 0.3) is 22.3 Å². The Morgan fingerprint density at radius 1 is 1.19 bits per heavy atom. The van der Waals surface area contributed by atoms with Gasteiger partial charge in [-0.2, -0.15) is 5.10 Å². The van der Waals surface area contributed by atoms with Crippen LogP contribution in [0.3, 0.4) is 0 Å². The van der Waals surface area contributed by atoms with Crippen molar-refractivity contribution >= 4 is 17.0 Å². The number of aromatic nitrogens is 3. The van der Waals surface area contributed by atoms with E-state index in [4.69, 9.17) is 14.5 Å². The summed E-state index contributed by atoms with van der Waals surface area (Å²) in [7, 11) is 0. The first-order chi connectivity index (χ1) is 12.6. The van der Waals surface area contributed by atoms with Crippen molar-refractivity contribution in [3.63, 3.8) is 0 Å². The van der Waals surface area contributed by atoms with E-state index in [1.807, 2.05) is 51.1 Å². The summed E-state index contributed by atoms with van der Waals surface area (Å²) in [6.45, 7) is 7.13. The largest absolute Gasteiger partial charge is 0.460 e. The number of rotatable bonds is 7.